The minimum atomic E-state index is -0.354. The van der Waals surface area contributed by atoms with E-state index in [-0.39, 0.29) is 36.3 Å². The maximum absolute atomic E-state index is 11.5. The molecule has 3 saturated heterocycles. The molecule has 0 aliphatic carbocycles. The molecule has 0 unspecified atom stereocenters. The lowest BCUT2D eigenvalue weighted by Gasteiger charge is -2.21. The molecule has 3 rings (SSSR count). The highest BCUT2D eigenvalue weighted by Crippen LogP contribution is 2.49. The normalized spacial score (nSPS) is 49.5. The van der Waals surface area contributed by atoms with E-state index in [0.717, 1.165) is 12.8 Å². The van der Waals surface area contributed by atoms with Crippen LogP contribution in [-0.4, -0.2) is 31.1 Å². The van der Waals surface area contributed by atoms with Crippen LogP contribution < -0.4 is 0 Å². The molecule has 14 heavy (non-hydrogen) atoms. The quantitative estimate of drug-likeness (QED) is 0.613. The molecule has 0 radical (unpaired) electrons. The lowest BCUT2D eigenvalue weighted by Crippen LogP contribution is -2.32. The first-order valence-electron chi connectivity index (χ1n) is 5.29. The van der Waals surface area contributed by atoms with Gasteiger partial charge in [-0.1, -0.05) is 0 Å². The van der Waals surface area contributed by atoms with Crippen LogP contribution in [-0.2, 0) is 19.0 Å². The second kappa shape index (κ2) is 2.94. The van der Waals surface area contributed by atoms with E-state index in [0.29, 0.717) is 6.61 Å². The Morgan fingerprint density at radius 2 is 2.21 bits per heavy atom. The first kappa shape index (κ1) is 8.68. The van der Waals surface area contributed by atoms with Crippen molar-refractivity contribution in [3.05, 3.63) is 0 Å². The van der Waals surface area contributed by atoms with Gasteiger partial charge in [-0.25, -0.2) is 0 Å². The first-order valence-corrected chi connectivity index (χ1v) is 5.29. The summed E-state index contributed by atoms with van der Waals surface area (Å²) in [5, 5.41) is 0. The second-order valence-corrected chi connectivity index (χ2v) is 4.15. The van der Waals surface area contributed by atoms with Gasteiger partial charge in [0.2, 0.25) is 6.29 Å². The van der Waals surface area contributed by atoms with E-state index >= 15 is 0 Å². The van der Waals surface area contributed by atoms with Gasteiger partial charge in [-0.15, -0.1) is 0 Å². The van der Waals surface area contributed by atoms with Gasteiger partial charge in [0.25, 0.3) is 0 Å². The van der Waals surface area contributed by atoms with Gasteiger partial charge >= 0.3 is 5.97 Å². The molecule has 3 fully saturated rings. The molecule has 0 aromatic rings. The van der Waals surface area contributed by atoms with Gasteiger partial charge in [-0.2, -0.15) is 0 Å². The smallest absolute Gasteiger partial charge is 0.314 e. The fourth-order valence-electron chi connectivity index (χ4n) is 2.95. The van der Waals surface area contributed by atoms with Crippen LogP contribution in [0, 0.1) is 11.8 Å². The number of cyclic esters (lactones) is 1. The Morgan fingerprint density at radius 3 is 3.00 bits per heavy atom. The Bertz CT molecular complexity index is 265. The topological polar surface area (TPSA) is 44.8 Å². The first-order chi connectivity index (χ1) is 6.81. The average Bonchev–Trinajstić information content (AvgIpc) is 2.80. The zero-order chi connectivity index (χ0) is 9.71. The van der Waals surface area contributed by atoms with Crippen LogP contribution in [0.15, 0.2) is 0 Å². The van der Waals surface area contributed by atoms with Crippen LogP contribution in [0.1, 0.15) is 19.8 Å². The fourth-order valence-corrected chi connectivity index (χ4v) is 2.95. The Labute approximate surface area is 82.5 Å². The maximum Gasteiger partial charge on any atom is 0.314 e. The third kappa shape index (κ3) is 0.982. The number of carbonyl (C=O) groups excluding carboxylic acids is 1. The van der Waals surface area contributed by atoms with E-state index < -0.39 is 0 Å². The van der Waals surface area contributed by atoms with Gasteiger partial charge < -0.3 is 14.2 Å². The number of carbonyl (C=O) groups is 1. The Kier molecular flexibility index (Phi) is 1.82. The van der Waals surface area contributed by atoms with Gasteiger partial charge in [-0.3, -0.25) is 4.79 Å². The number of rotatable bonds is 2. The molecule has 0 N–H and O–H groups in total. The molecule has 4 heteroatoms. The molecule has 0 saturated carbocycles. The van der Waals surface area contributed by atoms with E-state index in [1.165, 1.54) is 0 Å². The van der Waals surface area contributed by atoms with E-state index in [2.05, 4.69) is 0 Å². The monoisotopic (exact) mass is 198 g/mol. The summed E-state index contributed by atoms with van der Waals surface area (Å²) in [7, 11) is 0. The van der Waals surface area contributed by atoms with Gasteiger partial charge in [0, 0.05) is 6.61 Å². The number of ether oxygens (including phenoxy) is 3. The number of hydrogen-bond acceptors (Lipinski definition) is 4. The molecule has 3 aliphatic rings. The third-order valence-corrected chi connectivity index (χ3v) is 3.48. The predicted molar refractivity (Wildman–Crippen MR) is 46.4 cm³/mol. The van der Waals surface area contributed by atoms with Gasteiger partial charge in [0.05, 0.1) is 24.0 Å². The van der Waals surface area contributed by atoms with Crippen LogP contribution in [0.5, 0.6) is 0 Å². The highest BCUT2D eigenvalue weighted by Gasteiger charge is 2.61. The summed E-state index contributed by atoms with van der Waals surface area (Å²) in [5.41, 5.74) is 0. The molecule has 78 valence electrons. The molecule has 0 aromatic heterocycles. The predicted octanol–water partition coefficient (Wildman–Crippen LogP) is 0.699. The van der Waals surface area contributed by atoms with Crippen molar-refractivity contribution in [3.63, 3.8) is 0 Å². The van der Waals surface area contributed by atoms with Crippen LogP contribution in [0.3, 0.4) is 0 Å². The summed E-state index contributed by atoms with van der Waals surface area (Å²) in [6.07, 6.45) is 1.98. The maximum atomic E-state index is 11.5. The Morgan fingerprint density at radius 1 is 1.43 bits per heavy atom. The van der Waals surface area contributed by atoms with Crippen molar-refractivity contribution in [2.75, 3.05) is 6.61 Å². The standard InChI is InChI=1S/C10H14O4/c1-2-12-10-8-6-4-3-5(13-6)7(8)9(11)14-10/h5-8,10H,2-4H2,1H3/t5-,6+,7-,8+,10+/m1/s1. The van der Waals surface area contributed by atoms with Crippen LogP contribution in [0.25, 0.3) is 0 Å². The zero-order valence-electron chi connectivity index (χ0n) is 8.14. The zero-order valence-corrected chi connectivity index (χ0v) is 8.14. The van der Waals surface area contributed by atoms with Crippen LogP contribution in [0.4, 0.5) is 0 Å². The molecule has 2 bridgehead atoms. The molecule has 0 spiro atoms. The van der Waals surface area contributed by atoms with Crippen molar-refractivity contribution < 1.29 is 19.0 Å². The average molecular weight is 198 g/mol. The van der Waals surface area contributed by atoms with Crippen molar-refractivity contribution >= 4 is 5.97 Å². The van der Waals surface area contributed by atoms with Crippen LogP contribution >= 0.6 is 0 Å². The van der Waals surface area contributed by atoms with E-state index in [4.69, 9.17) is 14.2 Å². The van der Waals surface area contributed by atoms with Crippen molar-refractivity contribution in [3.8, 4) is 0 Å². The van der Waals surface area contributed by atoms with Gasteiger partial charge in [0.15, 0.2) is 0 Å². The van der Waals surface area contributed by atoms with Crippen molar-refractivity contribution in [1.82, 2.24) is 0 Å². The number of fused-ring (bicyclic) bond motifs is 5. The number of hydrogen-bond donors (Lipinski definition) is 0. The number of esters is 1. The third-order valence-electron chi connectivity index (χ3n) is 3.48. The molecule has 5 atom stereocenters. The fraction of sp³-hybridized carbons (Fsp3) is 0.900. The van der Waals surface area contributed by atoms with Crippen LogP contribution in [0.2, 0.25) is 0 Å². The molecule has 3 heterocycles. The lowest BCUT2D eigenvalue weighted by atomic mass is 9.81. The van der Waals surface area contributed by atoms with E-state index in [9.17, 15) is 4.79 Å². The van der Waals surface area contributed by atoms with E-state index in [1.54, 1.807) is 0 Å². The highest BCUT2D eigenvalue weighted by atomic mass is 16.7. The Balaban J connectivity index is 1.84. The largest absolute Gasteiger partial charge is 0.435 e. The lowest BCUT2D eigenvalue weighted by molar-refractivity contribution is -0.173. The molecule has 3 aliphatic heterocycles. The summed E-state index contributed by atoms with van der Waals surface area (Å²) < 4.78 is 16.3. The van der Waals surface area contributed by atoms with Gasteiger partial charge in [0.1, 0.15) is 0 Å². The van der Waals surface area contributed by atoms with E-state index in [1.807, 2.05) is 6.92 Å². The molecule has 0 aromatic carbocycles. The molecule has 0 amide bonds. The summed E-state index contributed by atoms with van der Waals surface area (Å²) in [6.45, 7) is 2.49. The Hall–Kier alpha value is -0.610. The molecule has 4 nitrogen and oxygen atoms in total. The summed E-state index contributed by atoms with van der Waals surface area (Å²) in [5.74, 6) is -0.0212. The van der Waals surface area contributed by atoms with Crippen molar-refractivity contribution in [2.45, 2.75) is 38.3 Å². The second-order valence-electron chi connectivity index (χ2n) is 4.15. The molecular weight excluding hydrogens is 184 g/mol. The minimum Gasteiger partial charge on any atom is -0.435 e. The minimum absolute atomic E-state index is 0.0506. The van der Waals surface area contributed by atoms with Crippen molar-refractivity contribution in [2.24, 2.45) is 11.8 Å². The van der Waals surface area contributed by atoms with Gasteiger partial charge in [-0.05, 0) is 19.8 Å². The SMILES string of the molecule is CCO[C@H]1OC(=O)[C@H]2[C@@H]1[C@@H]1CC[C@H]2O1. The van der Waals surface area contributed by atoms with Crippen molar-refractivity contribution in [1.29, 1.82) is 0 Å². The highest BCUT2D eigenvalue weighted by molar-refractivity contribution is 5.76. The molecular formula is C10H14O4. The summed E-state index contributed by atoms with van der Waals surface area (Å²) >= 11 is 0. The summed E-state index contributed by atoms with van der Waals surface area (Å²) in [4.78, 5) is 11.5. The summed E-state index contributed by atoms with van der Waals surface area (Å²) in [6, 6.07) is 0.